The number of benzene rings is 2. The van der Waals surface area contributed by atoms with Crippen molar-refractivity contribution in [3.63, 3.8) is 0 Å². The molecule has 1 aliphatic rings. The van der Waals surface area contributed by atoms with E-state index >= 15 is 0 Å². The molecule has 168 valence electrons. The van der Waals surface area contributed by atoms with Gasteiger partial charge in [-0.2, -0.15) is 0 Å². The van der Waals surface area contributed by atoms with E-state index in [-0.39, 0.29) is 18.0 Å². The predicted octanol–water partition coefficient (Wildman–Crippen LogP) is 4.22. The van der Waals surface area contributed by atoms with Crippen molar-refractivity contribution in [3.8, 4) is 0 Å². The van der Waals surface area contributed by atoms with Crippen LogP contribution >= 0.6 is 0 Å². The van der Waals surface area contributed by atoms with Crippen LogP contribution in [-0.4, -0.2) is 35.3 Å². The monoisotopic (exact) mass is 434 g/mol. The van der Waals surface area contributed by atoms with E-state index in [2.05, 4.69) is 40.3 Å². The minimum absolute atomic E-state index is 0.326. The summed E-state index contributed by atoms with van der Waals surface area (Å²) in [5, 5.41) is 4.43. The van der Waals surface area contributed by atoms with Gasteiger partial charge in [0.15, 0.2) is 0 Å². The molecule has 6 heteroatoms. The zero-order valence-corrected chi connectivity index (χ0v) is 19.0. The number of carbonyl (C=O) groups excluding carboxylic acids is 2. The first-order valence-corrected chi connectivity index (χ1v) is 11.0. The lowest BCUT2D eigenvalue weighted by Crippen LogP contribution is -2.38. The molecule has 0 bridgehead atoms. The van der Waals surface area contributed by atoms with E-state index in [1.807, 2.05) is 51.1 Å². The molecule has 2 heterocycles. The molecule has 0 radical (unpaired) electrons. The van der Waals surface area contributed by atoms with E-state index in [0.29, 0.717) is 13.0 Å². The second-order valence-corrected chi connectivity index (χ2v) is 9.31. The van der Waals surface area contributed by atoms with Crippen molar-refractivity contribution in [2.24, 2.45) is 5.92 Å². The Bertz CT molecular complexity index is 1110. The first-order valence-electron chi connectivity index (χ1n) is 11.0. The number of fused-ring (bicyclic) bond motifs is 1. The van der Waals surface area contributed by atoms with Gasteiger partial charge >= 0.3 is 11.9 Å². The molecule has 3 atom stereocenters. The third kappa shape index (κ3) is 4.55. The molecule has 0 aliphatic carbocycles. The lowest BCUT2D eigenvalue weighted by atomic mass is 9.93. The largest absolute Gasteiger partial charge is 0.469 e. The van der Waals surface area contributed by atoms with Crippen LogP contribution in [-0.2, 0) is 25.6 Å². The van der Waals surface area contributed by atoms with Gasteiger partial charge in [-0.25, -0.2) is 0 Å². The van der Waals surface area contributed by atoms with Crippen molar-refractivity contribution in [1.29, 1.82) is 0 Å². The number of hydrogen-bond donors (Lipinski definition) is 1. The molecule has 0 spiro atoms. The van der Waals surface area contributed by atoms with Gasteiger partial charge in [-0.1, -0.05) is 48.5 Å². The Kier molecular flexibility index (Phi) is 6.07. The summed E-state index contributed by atoms with van der Waals surface area (Å²) in [5.74, 6) is -1.15. The third-order valence-corrected chi connectivity index (χ3v) is 5.82. The summed E-state index contributed by atoms with van der Waals surface area (Å²) in [6, 6.07) is 17.5. The fraction of sp³-hybridized carbons (Fsp3) is 0.385. The molecular formula is C26H30N2O4. The number of nitrogens with one attached hydrogen (secondary N) is 1. The van der Waals surface area contributed by atoms with Crippen LogP contribution in [0, 0.1) is 5.92 Å². The minimum Gasteiger partial charge on any atom is -0.469 e. The summed E-state index contributed by atoms with van der Waals surface area (Å²) in [6.45, 7) is 6.23. The molecule has 2 aromatic carbocycles. The highest BCUT2D eigenvalue weighted by atomic mass is 16.6. The fourth-order valence-electron chi connectivity index (χ4n) is 4.45. The second-order valence-electron chi connectivity index (χ2n) is 9.31. The molecule has 3 unspecified atom stereocenters. The van der Waals surface area contributed by atoms with E-state index < -0.39 is 17.6 Å². The minimum atomic E-state index is -0.594. The second kappa shape index (κ2) is 8.79. The van der Waals surface area contributed by atoms with Crippen LogP contribution < -0.4 is 5.32 Å². The SMILES string of the molecule is COC(=O)C1CC(C(=O)OC(C)(C)C)NC1c1cn(Cc2ccccc2)c2ccccc12. The van der Waals surface area contributed by atoms with Crippen LogP contribution in [0.5, 0.6) is 0 Å². The zero-order valence-electron chi connectivity index (χ0n) is 19.0. The summed E-state index contributed by atoms with van der Waals surface area (Å²) < 4.78 is 12.9. The third-order valence-electron chi connectivity index (χ3n) is 5.82. The van der Waals surface area contributed by atoms with Crippen LogP contribution in [0.25, 0.3) is 10.9 Å². The number of para-hydroxylation sites is 1. The van der Waals surface area contributed by atoms with Crippen molar-refractivity contribution in [3.05, 3.63) is 71.9 Å². The first kappa shape index (κ1) is 22.1. The van der Waals surface area contributed by atoms with E-state index in [0.717, 1.165) is 16.5 Å². The Morgan fingerprint density at radius 2 is 1.72 bits per heavy atom. The molecule has 1 saturated heterocycles. The maximum Gasteiger partial charge on any atom is 0.323 e. The van der Waals surface area contributed by atoms with Crippen molar-refractivity contribution in [1.82, 2.24) is 9.88 Å². The lowest BCUT2D eigenvalue weighted by Gasteiger charge is -2.22. The van der Waals surface area contributed by atoms with Crippen molar-refractivity contribution >= 4 is 22.8 Å². The van der Waals surface area contributed by atoms with E-state index in [4.69, 9.17) is 9.47 Å². The summed E-state index contributed by atoms with van der Waals surface area (Å²) >= 11 is 0. The number of ether oxygens (including phenoxy) is 2. The molecule has 0 amide bonds. The van der Waals surface area contributed by atoms with Gasteiger partial charge in [0.25, 0.3) is 0 Å². The average molecular weight is 435 g/mol. The number of aromatic nitrogens is 1. The maximum atomic E-state index is 12.8. The standard InChI is InChI=1S/C26H30N2O4/c1-26(2,3)32-25(30)21-14-19(24(29)31-4)23(27-21)20-16-28(15-17-10-6-5-7-11-17)22-13-9-8-12-18(20)22/h5-13,16,19,21,23,27H,14-15H2,1-4H3. The Hall–Kier alpha value is -3.12. The van der Waals surface area contributed by atoms with Gasteiger partial charge in [-0.3, -0.25) is 14.9 Å². The van der Waals surface area contributed by atoms with Crippen LogP contribution in [0.3, 0.4) is 0 Å². The number of nitrogens with zero attached hydrogens (tertiary/aromatic N) is 1. The van der Waals surface area contributed by atoms with Gasteiger partial charge in [0, 0.05) is 29.7 Å². The van der Waals surface area contributed by atoms with Crippen molar-refractivity contribution in [2.45, 2.75) is 51.4 Å². The maximum absolute atomic E-state index is 12.8. The average Bonchev–Trinajstić information content (AvgIpc) is 3.35. The van der Waals surface area contributed by atoms with Crippen LogP contribution in [0.4, 0.5) is 0 Å². The Balaban J connectivity index is 1.71. The molecule has 1 fully saturated rings. The highest BCUT2D eigenvalue weighted by Crippen LogP contribution is 2.38. The van der Waals surface area contributed by atoms with Crippen LogP contribution in [0.1, 0.15) is 44.4 Å². The van der Waals surface area contributed by atoms with Gasteiger partial charge in [0.1, 0.15) is 11.6 Å². The smallest absolute Gasteiger partial charge is 0.323 e. The summed E-state index contributed by atoms with van der Waals surface area (Å²) in [6.07, 6.45) is 2.42. The molecule has 4 rings (SSSR count). The summed E-state index contributed by atoms with van der Waals surface area (Å²) in [4.78, 5) is 25.4. The Morgan fingerprint density at radius 1 is 1.03 bits per heavy atom. The molecule has 1 N–H and O–H groups in total. The number of methoxy groups -OCH3 is 1. The van der Waals surface area contributed by atoms with Gasteiger partial charge in [0.05, 0.1) is 13.0 Å². The van der Waals surface area contributed by atoms with Gasteiger partial charge in [0.2, 0.25) is 0 Å². The van der Waals surface area contributed by atoms with Crippen LogP contribution in [0.15, 0.2) is 60.8 Å². The highest BCUT2D eigenvalue weighted by Gasteiger charge is 2.45. The zero-order chi connectivity index (χ0) is 22.9. The van der Waals surface area contributed by atoms with Crippen LogP contribution in [0.2, 0.25) is 0 Å². The predicted molar refractivity (Wildman–Crippen MR) is 123 cm³/mol. The van der Waals surface area contributed by atoms with Gasteiger partial charge < -0.3 is 14.0 Å². The number of rotatable bonds is 5. The normalized spacial score (nSPS) is 20.9. The Morgan fingerprint density at radius 3 is 2.41 bits per heavy atom. The lowest BCUT2D eigenvalue weighted by molar-refractivity contribution is -0.157. The number of hydrogen-bond acceptors (Lipinski definition) is 5. The Labute approximate surface area is 188 Å². The molecule has 1 aromatic heterocycles. The molecule has 0 saturated carbocycles. The molecule has 1 aliphatic heterocycles. The topological polar surface area (TPSA) is 69.6 Å². The van der Waals surface area contributed by atoms with Gasteiger partial charge in [-0.05, 0) is 44.4 Å². The first-order chi connectivity index (χ1) is 15.3. The number of carbonyl (C=O) groups is 2. The fourth-order valence-corrected chi connectivity index (χ4v) is 4.45. The summed E-state index contributed by atoms with van der Waals surface area (Å²) in [7, 11) is 1.39. The molecule has 6 nitrogen and oxygen atoms in total. The van der Waals surface area contributed by atoms with E-state index in [9.17, 15) is 9.59 Å². The molecule has 3 aromatic rings. The van der Waals surface area contributed by atoms with Crippen molar-refractivity contribution in [2.75, 3.05) is 7.11 Å². The van der Waals surface area contributed by atoms with E-state index in [1.165, 1.54) is 12.7 Å². The molecule has 32 heavy (non-hydrogen) atoms. The van der Waals surface area contributed by atoms with Crippen molar-refractivity contribution < 1.29 is 19.1 Å². The molecular weight excluding hydrogens is 404 g/mol. The van der Waals surface area contributed by atoms with Gasteiger partial charge in [-0.15, -0.1) is 0 Å². The van der Waals surface area contributed by atoms with E-state index in [1.54, 1.807) is 0 Å². The summed E-state index contributed by atoms with van der Waals surface area (Å²) in [5.41, 5.74) is 2.66. The number of esters is 2. The quantitative estimate of drug-likeness (QED) is 0.609. The highest BCUT2D eigenvalue weighted by molar-refractivity contribution is 5.87.